The average molecular weight is 559 g/mol. The molecule has 4 N–H and O–H groups in total. The van der Waals surface area contributed by atoms with Crippen molar-refractivity contribution in [2.45, 2.75) is 44.3 Å². The molecule has 15 heteroatoms. The fourth-order valence-corrected chi connectivity index (χ4v) is 3.79. The van der Waals surface area contributed by atoms with Gasteiger partial charge in [0.15, 0.2) is 23.6 Å². The van der Waals surface area contributed by atoms with Gasteiger partial charge in [0.2, 0.25) is 11.7 Å². The van der Waals surface area contributed by atoms with Crippen LogP contribution in [-0.4, -0.2) is 54.3 Å². The molecule has 1 amide bonds. The van der Waals surface area contributed by atoms with Gasteiger partial charge in [0, 0.05) is 31.6 Å². The maximum Gasteiger partial charge on any atom is 0.451 e. The normalized spacial score (nSPS) is 14.6. The summed E-state index contributed by atoms with van der Waals surface area (Å²) in [6, 6.07) is 8.45. The predicted octanol–water partition coefficient (Wildman–Crippen LogP) is 2.82. The fraction of sp³-hybridized carbons (Fsp3) is 0.333. The van der Waals surface area contributed by atoms with Crippen molar-refractivity contribution < 1.29 is 46.1 Å². The van der Waals surface area contributed by atoms with Crippen LogP contribution in [0.2, 0.25) is 0 Å². The Bertz CT molecular complexity index is 1320. The molecule has 1 aliphatic heterocycles. The first kappa shape index (κ1) is 29.6. The lowest BCUT2D eigenvalue weighted by atomic mass is 10.0. The number of fused-ring (bicyclic) bond motifs is 1. The van der Waals surface area contributed by atoms with Crippen LogP contribution in [0.4, 0.5) is 26.3 Å². The zero-order valence-electron chi connectivity index (χ0n) is 20.1. The van der Waals surface area contributed by atoms with Gasteiger partial charge in [0.1, 0.15) is 5.82 Å². The number of carbonyl (C=O) groups excluding carboxylic acids is 1. The molecule has 0 saturated heterocycles. The van der Waals surface area contributed by atoms with E-state index < -0.39 is 53.5 Å². The van der Waals surface area contributed by atoms with Gasteiger partial charge in [0.25, 0.3) is 0 Å². The maximum atomic E-state index is 13.7. The molecule has 3 aromatic rings. The number of rotatable bonds is 6. The number of amides is 1. The quantitative estimate of drug-likeness (QED) is 0.312. The van der Waals surface area contributed by atoms with E-state index in [-0.39, 0.29) is 43.9 Å². The summed E-state index contributed by atoms with van der Waals surface area (Å²) in [5, 5.41) is 24.0. The van der Waals surface area contributed by atoms with E-state index in [2.05, 4.69) is 10.2 Å². The third kappa shape index (κ3) is 7.54. The Morgan fingerprint density at radius 3 is 2.26 bits per heavy atom. The van der Waals surface area contributed by atoms with Gasteiger partial charge in [-0.05, 0) is 23.6 Å². The van der Waals surface area contributed by atoms with E-state index in [4.69, 9.17) is 15.9 Å². The topological polar surface area (TPSA) is 135 Å². The number of nitrogens with two attached hydrogens (primary N) is 1. The lowest BCUT2D eigenvalue weighted by molar-refractivity contribution is -0.148. The highest BCUT2D eigenvalue weighted by Gasteiger charge is 2.40. The van der Waals surface area contributed by atoms with Crippen LogP contribution in [0.25, 0.3) is 0 Å². The van der Waals surface area contributed by atoms with Gasteiger partial charge in [-0.1, -0.05) is 30.3 Å². The second-order valence-electron chi connectivity index (χ2n) is 8.58. The van der Waals surface area contributed by atoms with E-state index in [0.29, 0.717) is 17.7 Å². The number of halogens is 6. The van der Waals surface area contributed by atoms with Crippen molar-refractivity contribution in [2.24, 2.45) is 5.73 Å². The third-order valence-corrected chi connectivity index (χ3v) is 5.72. The molecule has 2 heterocycles. The lowest BCUT2D eigenvalue weighted by Gasteiger charge is -2.29. The molecular weight excluding hydrogens is 536 g/mol. The first-order chi connectivity index (χ1) is 18.3. The van der Waals surface area contributed by atoms with Crippen molar-refractivity contribution in [1.82, 2.24) is 19.7 Å². The number of hydrogen-bond donors (Lipinski definition) is 3. The summed E-state index contributed by atoms with van der Waals surface area (Å²) in [6.07, 6.45) is -6.51. The molecule has 210 valence electrons. The highest BCUT2D eigenvalue weighted by Crippen LogP contribution is 2.29. The number of aliphatic carboxylic acids is 1. The number of alkyl halides is 3. The van der Waals surface area contributed by atoms with Crippen molar-refractivity contribution in [2.75, 3.05) is 6.54 Å². The highest BCUT2D eigenvalue weighted by molar-refractivity contribution is 5.77. The number of carbonyl (C=O) groups is 2. The van der Waals surface area contributed by atoms with E-state index >= 15 is 0 Å². The van der Waals surface area contributed by atoms with E-state index in [1.807, 2.05) is 0 Å². The number of carboxylic acid groups (broad SMARTS) is 1. The number of aromatic nitrogens is 3. The monoisotopic (exact) mass is 559 g/mol. The SMILES string of the molecule is N[C@@H](CC(=O)N1CCn2c(nnc2C(F)(F)F)C1)Cc1cc(F)c(F)cc1F.O=C(O)[C@@H](O)c1ccccc1. The smallest absolute Gasteiger partial charge is 0.451 e. The van der Waals surface area contributed by atoms with Gasteiger partial charge < -0.3 is 25.4 Å². The number of carboxylic acids is 1. The van der Waals surface area contributed by atoms with Gasteiger partial charge in [0.05, 0.1) is 6.54 Å². The van der Waals surface area contributed by atoms with Crippen LogP contribution in [0.15, 0.2) is 42.5 Å². The molecule has 0 unspecified atom stereocenters. The first-order valence-corrected chi connectivity index (χ1v) is 11.4. The summed E-state index contributed by atoms with van der Waals surface area (Å²) < 4.78 is 79.3. The van der Waals surface area contributed by atoms with Crippen LogP contribution in [0.3, 0.4) is 0 Å². The Hall–Kier alpha value is -3.98. The summed E-state index contributed by atoms with van der Waals surface area (Å²) in [7, 11) is 0. The van der Waals surface area contributed by atoms with Crippen molar-refractivity contribution in [3.8, 4) is 0 Å². The molecule has 2 aromatic carbocycles. The average Bonchev–Trinajstić information content (AvgIpc) is 3.32. The number of benzene rings is 2. The van der Waals surface area contributed by atoms with Gasteiger partial charge >= 0.3 is 12.1 Å². The Labute approximate surface area is 217 Å². The highest BCUT2D eigenvalue weighted by atomic mass is 19.4. The molecule has 2 atom stereocenters. The second-order valence-corrected chi connectivity index (χ2v) is 8.58. The van der Waals surface area contributed by atoms with Gasteiger partial charge in [-0.2, -0.15) is 13.2 Å². The van der Waals surface area contributed by atoms with Crippen molar-refractivity contribution in [3.05, 3.63) is 82.7 Å². The Morgan fingerprint density at radius 2 is 1.64 bits per heavy atom. The van der Waals surface area contributed by atoms with Crippen LogP contribution in [0, 0.1) is 17.5 Å². The van der Waals surface area contributed by atoms with Crippen LogP contribution in [0.5, 0.6) is 0 Å². The summed E-state index contributed by atoms with van der Waals surface area (Å²) >= 11 is 0. The van der Waals surface area contributed by atoms with Crippen molar-refractivity contribution in [3.63, 3.8) is 0 Å². The molecule has 9 nitrogen and oxygen atoms in total. The number of hydrogen-bond acceptors (Lipinski definition) is 6. The first-order valence-electron chi connectivity index (χ1n) is 11.4. The summed E-state index contributed by atoms with van der Waals surface area (Å²) in [4.78, 5) is 23.9. The molecular formula is C24H23F6N5O4. The molecule has 0 bridgehead atoms. The Kier molecular flexibility index (Phi) is 9.29. The zero-order valence-corrected chi connectivity index (χ0v) is 20.1. The lowest BCUT2D eigenvalue weighted by Crippen LogP contribution is -2.42. The van der Waals surface area contributed by atoms with Gasteiger partial charge in [-0.3, -0.25) is 4.79 Å². The molecule has 0 spiro atoms. The van der Waals surface area contributed by atoms with Crippen molar-refractivity contribution >= 4 is 11.9 Å². The van der Waals surface area contributed by atoms with E-state index in [9.17, 15) is 35.9 Å². The second kappa shape index (κ2) is 12.3. The Morgan fingerprint density at radius 1 is 1.00 bits per heavy atom. The van der Waals surface area contributed by atoms with Gasteiger partial charge in [-0.25, -0.2) is 18.0 Å². The van der Waals surface area contributed by atoms with Crippen molar-refractivity contribution in [1.29, 1.82) is 0 Å². The standard InChI is InChI=1S/C16H15F6N5O.C8H8O3/c17-10-6-12(19)11(18)4-8(10)3-9(23)5-14(28)26-1-2-27-13(7-26)24-25-15(27)16(20,21)22;9-7(8(10)11)6-4-2-1-3-5-6/h4,6,9H,1-3,5,7,23H2;1-5,7,9H,(H,10,11)/t9-;7-/m10/s1. The molecule has 1 aromatic heterocycles. The fourth-order valence-electron chi connectivity index (χ4n) is 3.79. The molecule has 0 fully saturated rings. The van der Waals surface area contributed by atoms with Crippen LogP contribution in [0.1, 0.15) is 35.3 Å². The number of aliphatic hydroxyl groups excluding tert-OH is 1. The predicted molar refractivity (Wildman–Crippen MR) is 122 cm³/mol. The molecule has 0 saturated carbocycles. The number of nitrogens with zero attached hydrogens (tertiary/aromatic N) is 4. The van der Waals surface area contributed by atoms with Crippen LogP contribution >= 0.6 is 0 Å². The molecule has 0 aliphatic carbocycles. The minimum Gasteiger partial charge on any atom is -0.479 e. The molecule has 4 rings (SSSR count). The minimum absolute atomic E-state index is 0.000783. The van der Waals surface area contributed by atoms with E-state index in [1.165, 1.54) is 4.90 Å². The Balaban J connectivity index is 0.000000320. The van der Waals surface area contributed by atoms with Crippen LogP contribution < -0.4 is 5.73 Å². The van der Waals surface area contributed by atoms with E-state index in [1.54, 1.807) is 30.3 Å². The van der Waals surface area contributed by atoms with Crippen LogP contribution in [-0.2, 0) is 35.3 Å². The molecule has 1 aliphatic rings. The largest absolute Gasteiger partial charge is 0.479 e. The molecule has 39 heavy (non-hydrogen) atoms. The summed E-state index contributed by atoms with van der Waals surface area (Å²) in [6.45, 7) is -0.302. The molecule has 0 radical (unpaired) electrons. The minimum atomic E-state index is -4.64. The third-order valence-electron chi connectivity index (χ3n) is 5.72. The van der Waals surface area contributed by atoms with E-state index in [0.717, 1.165) is 4.57 Å². The zero-order chi connectivity index (χ0) is 28.9. The van der Waals surface area contributed by atoms with Gasteiger partial charge in [-0.15, -0.1) is 10.2 Å². The summed E-state index contributed by atoms with van der Waals surface area (Å²) in [5.41, 5.74) is 6.04. The number of aliphatic hydroxyl groups is 1. The maximum absolute atomic E-state index is 13.7. The summed E-state index contributed by atoms with van der Waals surface area (Å²) in [5.74, 6) is -6.37.